The zero-order chi connectivity index (χ0) is 20.1. The maximum absolute atomic E-state index is 12.3. The number of aromatic nitrogens is 1. The van der Waals surface area contributed by atoms with Gasteiger partial charge in [0.05, 0.1) is 10.4 Å². The molecule has 1 amide bonds. The van der Waals surface area contributed by atoms with Crippen LogP contribution in [-0.4, -0.2) is 27.0 Å². The van der Waals surface area contributed by atoms with E-state index in [4.69, 9.17) is 0 Å². The van der Waals surface area contributed by atoms with Crippen molar-refractivity contribution in [2.24, 2.45) is 10.2 Å². The lowest BCUT2D eigenvalue weighted by Crippen LogP contribution is -2.37. The van der Waals surface area contributed by atoms with Gasteiger partial charge in [-0.2, -0.15) is 9.49 Å². The quantitative estimate of drug-likeness (QED) is 0.282. The SMILES string of the molecule is CC(=O)C(N=Nc1snc2ccc([N+](=O)[O-])cc12)C(=O)NCc1ccccc1. The summed E-state index contributed by atoms with van der Waals surface area (Å²) >= 11 is 0.983. The summed E-state index contributed by atoms with van der Waals surface area (Å²) in [5.41, 5.74) is 1.31. The molecule has 2 aromatic carbocycles. The number of carbonyl (C=O) groups is 2. The van der Waals surface area contributed by atoms with Crippen molar-refractivity contribution in [3.8, 4) is 0 Å². The Kier molecular flexibility index (Phi) is 5.80. The molecule has 0 aliphatic carbocycles. The van der Waals surface area contributed by atoms with Gasteiger partial charge in [-0.25, -0.2) is 0 Å². The molecule has 1 aromatic heterocycles. The maximum Gasteiger partial charge on any atom is 0.270 e. The normalized spacial score (nSPS) is 12.2. The predicted molar refractivity (Wildman–Crippen MR) is 104 cm³/mol. The van der Waals surface area contributed by atoms with Crippen LogP contribution in [0.2, 0.25) is 0 Å². The lowest BCUT2D eigenvalue weighted by Gasteiger charge is -2.09. The first kappa shape index (κ1) is 19.2. The van der Waals surface area contributed by atoms with Gasteiger partial charge in [0.2, 0.25) is 6.04 Å². The van der Waals surface area contributed by atoms with Crippen molar-refractivity contribution >= 4 is 44.8 Å². The second-order valence-corrected chi connectivity index (χ2v) is 6.63. The third kappa shape index (κ3) is 4.41. The van der Waals surface area contributed by atoms with E-state index in [9.17, 15) is 19.7 Å². The molecule has 1 N–H and O–H groups in total. The van der Waals surface area contributed by atoms with Crippen molar-refractivity contribution in [1.29, 1.82) is 0 Å². The largest absolute Gasteiger partial charge is 0.350 e. The average molecular weight is 397 g/mol. The number of rotatable bonds is 7. The summed E-state index contributed by atoms with van der Waals surface area (Å²) in [6.45, 7) is 1.51. The summed E-state index contributed by atoms with van der Waals surface area (Å²) in [5.74, 6) is -1.03. The highest BCUT2D eigenvalue weighted by Crippen LogP contribution is 2.33. The van der Waals surface area contributed by atoms with Gasteiger partial charge < -0.3 is 5.32 Å². The Morgan fingerprint density at radius 1 is 1.25 bits per heavy atom. The molecule has 28 heavy (non-hydrogen) atoms. The van der Waals surface area contributed by atoms with E-state index >= 15 is 0 Å². The van der Waals surface area contributed by atoms with Crippen molar-refractivity contribution in [3.63, 3.8) is 0 Å². The standard InChI is InChI=1S/C18H15N5O4S/c1-11(24)16(17(25)19-10-12-5-3-2-4-6-12)20-21-18-14-9-13(23(26)27)7-8-15(14)22-28-18/h2-9,16H,10H2,1H3,(H,19,25). The van der Waals surface area contributed by atoms with Crippen molar-refractivity contribution in [2.45, 2.75) is 19.5 Å². The number of amides is 1. The van der Waals surface area contributed by atoms with Crippen LogP contribution >= 0.6 is 11.5 Å². The Morgan fingerprint density at radius 2 is 2.00 bits per heavy atom. The van der Waals surface area contributed by atoms with Gasteiger partial charge in [0.1, 0.15) is 0 Å². The molecule has 3 aromatic rings. The lowest BCUT2D eigenvalue weighted by molar-refractivity contribution is -0.384. The first-order valence-corrected chi connectivity index (χ1v) is 9.00. The number of Topliss-reactive ketones (excluding diaryl/α,β-unsaturated/α-hetero) is 1. The van der Waals surface area contributed by atoms with Gasteiger partial charge >= 0.3 is 0 Å². The second kappa shape index (κ2) is 8.44. The number of azo groups is 1. The highest BCUT2D eigenvalue weighted by atomic mass is 32.1. The Labute approximate surface area is 163 Å². The number of nitro benzene ring substituents is 1. The van der Waals surface area contributed by atoms with Crippen LogP contribution < -0.4 is 5.32 Å². The molecule has 142 valence electrons. The molecule has 0 saturated carbocycles. The summed E-state index contributed by atoms with van der Waals surface area (Å²) in [5, 5.41) is 22.2. The molecule has 0 fully saturated rings. The van der Waals surface area contributed by atoms with E-state index < -0.39 is 22.7 Å². The third-order valence-electron chi connectivity index (χ3n) is 3.86. The van der Waals surface area contributed by atoms with Gasteiger partial charge in [0, 0.05) is 24.1 Å². The summed E-state index contributed by atoms with van der Waals surface area (Å²) in [4.78, 5) is 34.6. The van der Waals surface area contributed by atoms with Gasteiger partial charge in [-0.15, -0.1) is 5.11 Å². The fraction of sp³-hybridized carbons (Fsp3) is 0.167. The molecular formula is C18H15N5O4S. The zero-order valence-electron chi connectivity index (χ0n) is 14.7. The first-order chi connectivity index (χ1) is 13.5. The first-order valence-electron chi connectivity index (χ1n) is 8.22. The number of nitrogens with zero attached hydrogens (tertiary/aromatic N) is 4. The smallest absolute Gasteiger partial charge is 0.270 e. The van der Waals surface area contributed by atoms with Gasteiger partial charge in [0.15, 0.2) is 10.8 Å². The molecule has 0 radical (unpaired) electrons. The van der Waals surface area contributed by atoms with E-state index in [1.165, 1.54) is 25.1 Å². The Hall–Kier alpha value is -3.53. The fourth-order valence-corrected chi connectivity index (χ4v) is 3.10. The van der Waals surface area contributed by atoms with Crippen LogP contribution in [0.25, 0.3) is 10.9 Å². The summed E-state index contributed by atoms with van der Waals surface area (Å²) in [6, 6.07) is 12.1. The highest BCUT2D eigenvalue weighted by Gasteiger charge is 2.23. The number of fused-ring (bicyclic) bond motifs is 1. The summed E-state index contributed by atoms with van der Waals surface area (Å²) < 4.78 is 4.14. The lowest BCUT2D eigenvalue weighted by atomic mass is 10.2. The monoisotopic (exact) mass is 397 g/mol. The van der Waals surface area contributed by atoms with Gasteiger partial charge in [0.25, 0.3) is 11.6 Å². The minimum absolute atomic E-state index is 0.104. The van der Waals surface area contributed by atoms with E-state index in [0.717, 1.165) is 17.1 Å². The number of benzene rings is 2. The van der Waals surface area contributed by atoms with Crippen LogP contribution in [0, 0.1) is 10.1 Å². The molecule has 3 rings (SSSR count). The molecule has 1 heterocycles. The average Bonchev–Trinajstić information content (AvgIpc) is 3.09. The Morgan fingerprint density at radius 3 is 2.68 bits per heavy atom. The fourth-order valence-electron chi connectivity index (χ4n) is 2.41. The third-order valence-corrected chi connectivity index (χ3v) is 4.62. The van der Waals surface area contributed by atoms with Crippen LogP contribution in [0.3, 0.4) is 0 Å². The van der Waals surface area contributed by atoms with Crippen molar-refractivity contribution in [2.75, 3.05) is 0 Å². The molecular weight excluding hydrogens is 382 g/mol. The topological polar surface area (TPSA) is 127 Å². The Bertz CT molecular complexity index is 1060. The van der Waals surface area contributed by atoms with Crippen LogP contribution in [-0.2, 0) is 16.1 Å². The van der Waals surface area contributed by atoms with Crippen LogP contribution in [0.4, 0.5) is 10.7 Å². The molecule has 9 nitrogen and oxygen atoms in total. The van der Waals surface area contributed by atoms with E-state index in [-0.39, 0.29) is 12.2 Å². The molecule has 0 spiro atoms. The summed E-state index contributed by atoms with van der Waals surface area (Å²) in [7, 11) is 0. The second-order valence-electron chi connectivity index (χ2n) is 5.88. The number of ketones is 1. The predicted octanol–water partition coefficient (Wildman–Crippen LogP) is 3.56. The Balaban J connectivity index is 1.78. The number of hydrogen-bond donors (Lipinski definition) is 1. The number of nitrogens with one attached hydrogen (secondary N) is 1. The van der Waals surface area contributed by atoms with Crippen molar-refractivity contribution in [1.82, 2.24) is 9.69 Å². The van der Waals surface area contributed by atoms with Gasteiger partial charge in [-0.3, -0.25) is 19.7 Å². The molecule has 0 saturated heterocycles. The van der Waals surface area contributed by atoms with Gasteiger partial charge in [-0.05, 0) is 30.1 Å². The number of nitro groups is 1. The van der Waals surface area contributed by atoms with Crippen LogP contribution in [0.15, 0.2) is 58.8 Å². The van der Waals surface area contributed by atoms with E-state index in [2.05, 4.69) is 19.9 Å². The van der Waals surface area contributed by atoms with Crippen molar-refractivity contribution in [3.05, 3.63) is 64.2 Å². The zero-order valence-corrected chi connectivity index (χ0v) is 15.5. The highest BCUT2D eigenvalue weighted by molar-refractivity contribution is 7.11. The molecule has 1 atom stereocenters. The maximum atomic E-state index is 12.3. The van der Waals surface area contributed by atoms with E-state index in [0.29, 0.717) is 15.9 Å². The summed E-state index contributed by atoms with van der Waals surface area (Å²) in [6.07, 6.45) is 0. The molecule has 0 aliphatic heterocycles. The van der Waals surface area contributed by atoms with E-state index in [1.807, 2.05) is 30.3 Å². The number of non-ortho nitro benzene ring substituents is 1. The van der Waals surface area contributed by atoms with Gasteiger partial charge in [-0.1, -0.05) is 30.3 Å². The molecule has 10 heteroatoms. The van der Waals surface area contributed by atoms with Crippen molar-refractivity contribution < 1.29 is 14.5 Å². The van der Waals surface area contributed by atoms with E-state index in [1.54, 1.807) is 0 Å². The number of carbonyl (C=O) groups excluding carboxylic acids is 2. The minimum atomic E-state index is -1.31. The number of hydrogen-bond acceptors (Lipinski definition) is 8. The molecule has 0 bridgehead atoms. The molecule has 0 aliphatic rings. The molecule has 1 unspecified atom stereocenters. The van der Waals surface area contributed by atoms with Crippen LogP contribution in [0.1, 0.15) is 12.5 Å². The van der Waals surface area contributed by atoms with Crippen LogP contribution in [0.5, 0.6) is 0 Å². The minimum Gasteiger partial charge on any atom is -0.350 e.